The molecule has 32 heavy (non-hydrogen) atoms. The van der Waals surface area contributed by atoms with Gasteiger partial charge in [0.2, 0.25) is 0 Å². The van der Waals surface area contributed by atoms with Crippen molar-refractivity contribution in [2.75, 3.05) is 4.90 Å². The number of nitrogens with zero attached hydrogens (tertiary/aromatic N) is 4. The number of imidazole rings is 1. The van der Waals surface area contributed by atoms with Crippen LogP contribution in [0.4, 0.5) is 5.82 Å². The Morgan fingerprint density at radius 1 is 1.00 bits per heavy atom. The predicted molar refractivity (Wildman–Crippen MR) is 128 cm³/mol. The van der Waals surface area contributed by atoms with Crippen LogP contribution in [0.25, 0.3) is 22.6 Å². The second-order valence-electron chi connectivity index (χ2n) is 8.41. The average Bonchev–Trinajstić information content (AvgIpc) is 3.44. The van der Waals surface area contributed by atoms with Crippen molar-refractivity contribution < 1.29 is 4.79 Å². The third-order valence-corrected chi connectivity index (χ3v) is 6.09. The number of aromatic nitrogens is 3. The van der Waals surface area contributed by atoms with Gasteiger partial charge in [-0.15, -0.1) is 0 Å². The van der Waals surface area contributed by atoms with Crippen molar-refractivity contribution in [3.63, 3.8) is 0 Å². The zero-order valence-corrected chi connectivity index (χ0v) is 18.6. The highest BCUT2D eigenvalue weighted by Gasteiger charge is 2.30. The summed E-state index contributed by atoms with van der Waals surface area (Å²) in [5.41, 5.74) is 6.10. The summed E-state index contributed by atoms with van der Waals surface area (Å²) < 4.78 is 2.09. The maximum Gasteiger partial charge on any atom is 0.260 e. The minimum absolute atomic E-state index is 0.00678. The van der Waals surface area contributed by atoms with Crippen molar-refractivity contribution in [2.24, 2.45) is 0 Å². The third kappa shape index (κ3) is 3.40. The molecule has 0 aliphatic carbocycles. The summed E-state index contributed by atoms with van der Waals surface area (Å²) in [6, 6.07) is 20.7. The van der Waals surface area contributed by atoms with Crippen molar-refractivity contribution >= 4 is 11.7 Å². The van der Waals surface area contributed by atoms with Gasteiger partial charge in [0.15, 0.2) is 5.82 Å². The molecule has 0 unspecified atom stereocenters. The summed E-state index contributed by atoms with van der Waals surface area (Å²) in [6.07, 6.45) is 4.70. The number of fused-ring (bicyclic) bond motifs is 1. The molecule has 1 aliphatic rings. The fourth-order valence-corrected chi connectivity index (χ4v) is 4.39. The number of benzene rings is 2. The van der Waals surface area contributed by atoms with Gasteiger partial charge in [0, 0.05) is 24.0 Å². The van der Waals surface area contributed by atoms with E-state index in [-0.39, 0.29) is 11.9 Å². The van der Waals surface area contributed by atoms with Crippen molar-refractivity contribution in [3.05, 3.63) is 89.7 Å². The Morgan fingerprint density at radius 2 is 1.84 bits per heavy atom. The summed E-state index contributed by atoms with van der Waals surface area (Å²) in [5, 5.41) is 0. The Labute approximate surface area is 188 Å². The number of carbonyl (C=O) groups excluding carboxylic acids is 1. The first kappa shape index (κ1) is 20.2. The minimum atomic E-state index is -0.00678. The SMILES string of the molecule is CCc1ccccc1-c1ccc2c(c1)C(=O)N(c1cccc(-c3nccn3C(C)C)n1)C2. The monoisotopic (exact) mass is 422 g/mol. The molecule has 0 bridgehead atoms. The zero-order valence-electron chi connectivity index (χ0n) is 18.6. The number of anilines is 1. The van der Waals surface area contributed by atoms with Crippen molar-refractivity contribution in [3.8, 4) is 22.6 Å². The molecule has 160 valence electrons. The van der Waals surface area contributed by atoms with E-state index in [0.717, 1.165) is 34.6 Å². The van der Waals surface area contributed by atoms with Crippen LogP contribution >= 0.6 is 0 Å². The molecule has 0 saturated carbocycles. The molecule has 5 nitrogen and oxygen atoms in total. The van der Waals surface area contributed by atoms with Crippen LogP contribution < -0.4 is 4.90 Å². The fourth-order valence-electron chi connectivity index (χ4n) is 4.39. The van der Waals surface area contributed by atoms with Gasteiger partial charge in [0.25, 0.3) is 5.91 Å². The van der Waals surface area contributed by atoms with E-state index in [9.17, 15) is 4.79 Å². The Bertz CT molecular complexity index is 1300. The molecular formula is C27H26N4O. The summed E-state index contributed by atoms with van der Waals surface area (Å²) in [5.74, 6) is 1.45. The molecular weight excluding hydrogens is 396 g/mol. The molecule has 2 aromatic carbocycles. The van der Waals surface area contributed by atoms with Gasteiger partial charge in [0.05, 0.1) is 6.54 Å². The van der Waals surface area contributed by atoms with E-state index >= 15 is 0 Å². The largest absolute Gasteiger partial charge is 0.327 e. The van der Waals surface area contributed by atoms with Gasteiger partial charge in [-0.1, -0.05) is 49.4 Å². The van der Waals surface area contributed by atoms with Crippen LogP contribution in [-0.2, 0) is 13.0 Å². The van der Waals surface area contributed by atoms with Crippen molar-refractivity contribution in [1.29, 1.82) is 0 Å². The second-order valence-corrected chi connectivity index (χ2v) is 8.41. The topological polar surface area (TPSA) is 51.0 Å². The number of amides is 1. The standard InChI is InChI=1S/C27H26N4O/c1-4-19-8-5-6-9-22(19)20-12-13-21-17-31(27(32)23(21)16-20)25-11-7-10-24(29-25)26-28-14-15-30(26)18(2)3/h5-16,18H,4,17H2,1-3H3. The van der Waals surface area contributed by atoms with Gasteiger partial charge >= 0.3 is 0 Å². The lowest BCUT2D eigenvalue weighted by Crippen LogP contribution is -2.24. The number of aryl methyl sites for hydroxylation is 1. The van der Waals surface area contributed by atoms with E-state index in [1.807, 2.05) is 36.5 Å². The quantitative estimate of drug-likeness (QED) is 0.401. The Hall–Kier alpha value is -3.73. The summed E-state index contributed by atoms with van der Waals surface area (Å²) in [6.45, 7) is 6.91. The van der Waals surface area contributed by atoms with Crippen molar-refractivity contribution in [1.82, 2.24) is 14.5 Å². The van der Waals surface area contributed by atoms with Gasteiger partial charge in [-0.25, -0.2) is 9.97 Å². The van der Waals surface area contributed by atoms with Crippen LogP contribution in [0.3, 0.4) is 0 Å². The second kappa shape index (κ2) is 8.08. The predicted octanol–water partition coefficient (Wildman–Crippen LogP) is 5.92. The molecule has 5 heteroatoms. The lowest BCUT2D eigenvalue weighted by Gasteiger charge is -2.16. The summed E-state index contributed by atoms with van der Waals surface area (Å²) in [7, 11) is 0. The normalized spacial score (nSPS) is 13.1. The molecule has 2 aromatic heterocycles. The maximum atomic E-state index is 13.4. The van der Waals surface area contributed by atoms with Crippen LogP contribution in [0.2, 0.25) is 0 Å². The van der Waals surface area contributed by atoms with Crippen molar-refractivity contribution in [2.45, 2.75) is 39.8 Å². The smallest absolute Gasteiger partial charge is 0.260 e. The van der Waals surface area contributed by atoms with Crippen LogP contribution in [0.15, 0.2) is 73.1 Å². The Balaban J connectivity index is 1.49. The number of rotatable bonds is 5. The molecule has 0 spiro atoms. The van der Waals surface area contributed by atoms with Gasteiger partial charge in [-0.2, -0.15) is 0 Å². The number of carbonyl (C=O) groups is 1. The van der Waals surface area contributed by atoms with Gasteiger partial charge in [-0.3, -0.25) is 9.69 Å². The van der Waals surface area contributed by atoms with E-state index in [2.05, 4.69) is 60.7 Å². The Morgan fingerprint density at radius 3 is 2.66 bits per heavy atom. The average molecular weight is 423 g/mol. The molecule has 0 fully saturated rings. The van der Waals surface area contributed by atoms with Crippen LogP contribution in [-0.4, -0.2) is 20.4 Å². The zero-order chi connectivity index (χ0) is 22.2. The van der Waals surface area contributed by atoms with Gasteiger partial charge < -0.3 is 4.57 Å². The highest BCUT2D eigenvalue weighted by Crippen LogP contribution is 2.33. The van der Waals surface area contributed by atoms with E-state index < -0.39 is 0 Å². The molecule has 0 atom stereocenters. The molecule has 4 aromatic rings. The highest BCUT2D eigenvalue weighted by atomic mass is 16.2. The lowest BCUT2D eigenvalue weighted by molar-refractivity contribution is 0.0996. The van der Waals surface area contributed by atoms with Crippen LogP contribution in [0.5, 0.6) is 0 Å². The first-order valence-electron chi connectivity index (χ1n) is 11.1. The third-order valence-electron chi connectivity index (χ3n) is 6.09. The van der Waals surface area contributed by atoms with Crippen LogP contribution in [0.1, 0.15) is 48.3 Å². The molecule has 3 heterocycles. The molecule has 0 saturated heterocycles. The molecule has 5 rings (SSSR count). The lowest BCUT2D eigenvalue weighted by atomic mass is 9.95. The summed E-state index contributed by atoms with van der Waals surface area (Å²) >= 11 is 0. The summed E-state index contributed by atoms with van der Waals surface area (Å²) in [4.78, 5) is 24.4. The Kier molecular flexibility index (Phi) is 5.10. The van der Waals surface area contributed by atoms with E-state index in [0.29, 0.717) is 12.4 Å². The van der Waals surface area contributed by atoms with E-state index in [1.54, 1.807) is 11.1 Å². The number of hydrogen-bond acceptors (Lipinski definition) is 3. The van der Waals surface area contributed by atoms with E-state index in [4.69, 9.17) is 4.98 Å². The first-order valence-corrected chi connectivity index (χ1v) is 11.1. The highest BCUT2D eigenvalue weighted by molar-refractivity contribution is 6.10. The first-order chi connectivity index (χ1) is 15.6. The number of hydrogen-bond donors (Lipinski definition) is 0. The van der Waals surface area contributed by atoms with Gasteiger partial charge in [0.1, 0.15) is 11.5 Å². The maximum absolute atomic E-state index is 13.4. The molecule has 1 amide bonds. The number of pyridine rings is 1. The molecule has 0 radical (unpaired) electrons. The minimum Gasteiger partial charge on any atom is -0.327 e. The van der Waals surface area contributed by atoms with Gasteiger partial charge in [-0.05, 0) is 60.7 Å². The fraction of sp³-hybridized carbons (Fsp3) is 0.222. The van der Waals surface area contributed by atoms with Crippen LogP contribution in [0, 0.1) is 0 Å². The van der Waals surface area contributed by atoms with E-state index in [1.165, 1.54) is 11.1 Å². The molecule has 0 N–H and O–H groups in total. The molecule has 1 aliphatic heterocycles.